The molecule has 0 radical (unpaired) electrons. The van der Waals surface area contributed by atoms with Gasteiger partial charge < -0.3 is 15.0 Å². The zero-order valence-corrected chi connectivity index (χ0v) is 19.3. The molecule has 1 fully saturated rings. The van der Waals surface area contributed by atoms with Crippen LogP contribution < -0.4 is 5.32 Å². The maximum atomic E-state index is 13.3. The molecule has 170 valence electrons. The van der Waals surface area contributed by atoms with E-state index in [-0.39, 0.29) is 35.5 Å². The molecule has 2 N–H and O–H groups in total. The number of sulfonamides is 1. The Kier molecular flexibility index (Phi) is 6.07. The Labute approximate surface area is 187 Å². The quantitative estimate of drug-likeness (QED) is 0.613. The van der Waals surface area contributed by atoms with Crippen molar-refractivity contribution in [3.05, 3.63) is 59.5 Å². The average Bonchev–Trinajstić information content (AvgIpc) is 3.09. The van der Waals surface area contributed by atoms with Crippen molar-refractivity contribution in [2.75, 3.05) is 13.1 Å². The van der Waals surface area contributed by atoms with Crippen molar-refractivity contribution in [1.82, 2.24) is 19.2 Å². The van der Waals surface area contributed by atoms with Crippen LogP contribution >= 0.6 is 0 Å². The zero-order chi connectivity index (χ0) is 23.0. The number of aromatic nitrogens is 2. The van der Waals surface area contributed by atoms with E-state index in [2.05, 4.69) is 10.3 Å². The lowest BCUT2D eigenvalue weighted by molar-refractivity contribution is 0.0628. The molecule has 2 aromatic heterocycles. The van der Waals surface area contributed by atoms with Gasteiger partial charge in [-0.2, -0.15) is 4.31 Å². The number of aliphatic hydroxyl groups excluding tert-OH is 1. The number of nitrogens with one attached hydrogen (secondary N) is 1. The summed E-state index contributed by atoms with van der Waals surface area (Å²) in [6, 6.07) is 11.0. The molecular formula is C23H28N4O4S. The lowest BCUT2D eigenvalue weighted by Crippen LogP contribution is -2.44. The number of rotatable bonds is 5. The zero-order valence-electron chi connectivity index (χ0n) is 18.4. The van der Waals surface area contributed by atoms with Gasteiger partial charge in [0.05, 0.1) is 11.6 Å². The van der Waals surface area contributed by atoms with E-state index in [1.165, 1.54) is 10.4 Å². The van der Waals surface area contributed by atoms with E-state index >= 15 is 0 Å². The molecule has 8 nitrogen and oxygen atoms in total. The summed E-state index contributed by atoms with van der Waals surface area (Å²) < 4.78 is 29.5. The van der Waals surface area contributed by atoms with Crippen molar-refractivity contribution in [3.8, 4) is 0 Å². The van der Waals surface area contributed by atoms with Gasteiger partial charge in [-0.1, -0.05) is 25.1 Å². The van der Waals surface area contributed by atoms with Gasteiger partial charge in [0.25, 0.3) is 5.91 Å². The highest BCUT2D eigenvalue weighted by Crippen LogP contribution is 2.27. The SMILES string of the molecule is Cc1c(S(=O)(=O)N2CC[C@@H](O)[C@H](C)C2)cc(C(=O)NCc2cccc3ncccc23)n1C. The van der Waals surface area contributed by atoms with Gasteiger partial charge in [-0.25, -0.2) is 8.42 Å². The summed E-state index contributed by atoms with van der Waals surface area (Å²) in [6.07, 6.45) is 1.63. The van der Waals surface area contributed by atoms with E-state index in [1.807, 2.05) is 37.3 Å². The number of carbonyl (C=O) groups is 1. The van der Waals surface area contributed by atoms with Crippen LogP contribution in [-0.2, 0) is 23.6 Å². The Bertz CT molecular complexity index is 1260. The maximum absolute atomic E-state index is 13.3. The topological polar surface area (TPSA) is 105 Å². The number of fused-ring (bicyclic) bond motifs is 1. The molecule has 0 bridgehead atoms. The van der Waals surface area contributed by atoms with Crippen molar-refractivity contribution in [2.24, 2.45) is 13.0 Å². The standard InChI is InChI=1S/C23H28N4O4S/c1-15-14-27(11-9-21(15)28)32(30,31)22-12-20(26(3)16(22)2)23(29)25-13-17-6-4-8-19-18(17)7-5-10-24-19/h4-8,10,12,15,21,28H,9,11,13-14H2,1-3H3,(H,25,29)/t15-,21-/m1/s1. The van der Waals surface area contributed by atoms with E-state index in [0.717, 1.165) is 16.5 Å². The first kappa shape index (κ1) is 22.4. The van der Waals surface area contributed by atoms with Gasteiger partial charge in [-0.15, -0.1) is 0 Å². The number of hydrogen-bond donors (Lipinski definition) is 2. The second kappa shape index (κ2) is 8.65. The van der Waals surface area contributed by atoms with Crippen LogP contribution in [0.1, 0.15) is 35.1 Å². The van der Waals surface area contributed by atoms with Crippen molar-refractivity contribution < 1.29 is 18.3 Å². The number of pyridine rings is 1. The van der Waals surface area contributed by atoms with Gasteiger partial charge in [0, 0.05) is 44.0 Å². The van der Waals surface area contributed by atoms with Crippen LogP contribution in [-0.4, -0.2) is 52.5 Å². The summed E-state index contributed by atoms with van der Waals surface area (Å²) in [5, 5.41) is 13.8. The first-order valence-electron chi connectivity index (χ1n) is 10.7. The lowest BCUT2D eigenvalue weighted by atomic mass is 9.99. The minimum Gasteiger partial charge on any atom is -0.393 e. The molecule has 1 aliphatic rings. The summed E-state index contributed by atoms with van der Waals surface area (Å²) >= 11 is 0. The lowest BCUT2D eigenvalue weighted by Gasteiger charge is -2.33. The van der Waals surface area contributed by atoms with E-state index < -0.39 is 16.1 Å². The van der Waals surface area contributed by atoms with Crippen molar-refractivity contribution in [3.63, 3.8) is 0 Å². The number of aliphatic hydroxyl groups is 1. The van der Waals surface area contributed by atoms with Gasteiger partial charge in [0.15, 0.2) is 0 Å². The largest absolute Gasteiger partial charge is 0.393 e. The van der Waals surface area contributed by atoms with Gasteiger partial charge >= 0.3 is 0 Å². The molecule has 2 atom stereocenters. The number of carbonyl (C=O) groups excluding carboxylic acids is 1. The molecule has 0 saturated carbocycles. The van der Waals surface area contributed by atoms with Crippen molar-refractivity contribution in [1.29, 1.82) is 0 Å². The maximum Gasteiger partial charge on any atom is 0.268 e. The molecule has 1 aliphatic heterocycles. The second-order valence-electron chi connectivity index (χ2n) is 8.40. The van der Waals surface area contributed by atoms with Crippen molar-refractivity contribution >= 4 is 26.8 Å². The average molecular weight is 457 g/mol. The van der Waals surface area contributed by atoms with E-state index in [0.29, 0.717) is 18.7 Å². The summed E-state index contributed by atoms with van der Waals surface area (Å²) in [6.45, 7) is 4.36. The van der Waals surface area contributed by atoms with Gasteiger partial charge in [0.1, 0.15) is 10.6 Å². The Morgan fingerprint density at radius 2 is 2.06 bits per heavy atom. The Hall–Kier alpha value is -2.75. The minimum absolute atomic E-state index is 0.128. The van der Waals surface area contributed by atoms with Crippen LogP contribution in [0, 0.1) is 12.8 Å². The van der Waals surface area contributed by atoms with Crippen LogP contribution in [0.25, 0.3) is 10.9 Å². The molecule has 4 rings (SSSR count). The fourth-order valence-electron chi connectivity index (χ4n) is 4.19. The number of benzene rings is 1. The molecule has 1 amide bonds. The monoisotopic (exact) mass is 456 g/mol. The smallest absolute Gasteiger partial charge is 0.268 e. The molecular weight excluding hydrogens is 428 g/mol. The molecule has 0 aliphatic carbocycles. The molecule has 9 heteroatoms. The van der Waals surface area contributed by atoms with Gasteiger partial charge in [-0.3, -0.25) is 9.78 Å². The molecule has 0 spiro atoms. The third kappa shape index (κ3) is 4.03. The Morgan fingerprint density at radius 3 is 2.81 bits per heavy atom. The molecule has 32 heavy (non-hydrogen) atoms. The van der Waals surface area contributed by atoms with Crippen LogP contribution in [0.3, 0.4) is 0 Å². The van der Waals surface area contributed by atoms with Crippen LogP contribution in [0.4, 0.5) is 0 Å². The van der Waals surface area contributed by atoms with Crippen LogP contribution in [0.2, 0.25) is 0 Å². The van der Waals surface area contributed by atoms with Crippen molar-refractivity contribution in [2.45, 2.75) is 37.8 Å². The fourth-order valence-corrected chi connectivity index (χ4v) is 6.02. The highest BCUT2D eigenvalue weighted by molar-refractivity contribution is 7.89. The highest BCUT2D eigenvalue weighted by Gasteiger charge is 2.35. The number of piperidine rings is 1. The van der Waals surface area contributed by atoms with Crippen LogP contribution in [0.5, 0.6) is 0 Å². The Morgan fingerprint density at radius 1 is 1.28 bits per heavy atom. The summed E-state index contributed by atoms with van der Waals surface area (Å²) in [4.78, 5) is 17.4. The number of hydrogen-bond acceptors (Lipinski definition) is 5. The van der Waals surface area contributed by atoms with E-state index in [4.69, 9.17) is 0 Å². The summed E-state index contributed by atoms with van der Waals surface area (Å²) in [7, 11) is -2.08. The number of nitrogens with zero attached hydrogens (tertiary/aromatic N) is 3. The number of amides is 1. The van der Waals surface area contributed by atoms with E-state index in [1.54, 1.807) is 24.7 Å². The van der Waals surface area contributed by atoms with Gasteiger partial charge in [-0.05, 0) is 43.0 Å². The molecule has 3 heterocycles. The molecule has 3 aromatic rings. The van der Waals surface area contributed by atoms with Gasteiger partial charge in [0.2, 0.25) is 10.0 Å². The third-order valence-electron chi connectivity index (χ3n) is 6.34. The molecule has 1 saturated heterocycles. The van der Waals surface area contributed by atoms with E-state index in [9.17, 15) is 18.3 Å². The Balaban J connectivity index is 1.56. The predicted molar refractivity (Wildman–Crippen MR) is 122 cm³/mol. The molecule has 0 unspecified atom stereocenters. The first-order valence-corrected chi connectivity index (χ1v) is 12.1. The predicted octanol–water partition coefficient (Wildman–Crippen LogP) is 2.20. The fraction of sp³-hybridized carbons (Fsp3) is 0.391. The summed E-state index contributed by atoms with van der Waals surface area (Å²) in [5.41, 5.74) is 2.57. The second-order valence-corrected chi connectivity index (χ2v) is 10.3. The normalized spacial score (nSPS) is 19.9. The third-order valence-corrected chi connectivity index (χ3v) is 8.32. The molecule has 1 aromatic carbocycles. The first-order chi connectivity index (χ1) is 15.2. The minimum atomic E-state index is -3.77. The summed E-state index contributed by atoms with van der Waals surface area (Å²) in [5.74, 6) is -0.485. The van der Waals surface area contributed by atoms with Crippen LogP contribution in [0.15, 0.2) is 47.5 Å². The highest BCUT2D eigenvalue weighted by atomic mass is 32.2.